The van der Waals surface area contributed by atoms with E-state index in [2.05, 4.69) is 22.5 Å². The number of fused-ring (bicyclic) bond motifs is 6. The van der Waals surface area contributed by atoms with Gasteiger partial charge in [0.2, 0.25) is 17.6 Å². The Bertz CT molecular complexity index is 1820. The minimum absolute atomic E-state index is 0.0218. The van der Waals surface area contributed by atoms with Gasteiger partial charge in [0, 0.05) is 41.8 Å². The number of carboxylic acids is 1. The van der Waals surface area contributed by atoms with Gasteiger partial charge in [-0.1, -0.05) is 37.6 Å². The molecule has 13 nitrogen and oxygen atoms in total. The predicted octanol–water partition coefficient (Wildman–Crippen LogP) is 2.91. The minimum Gasteiger partial charge on any atom is -0.480 e. The van der Waals surface area contributed by atoms with Crippen LogP contribution in [0.5, 0.6) is 0 Å². The number of allylic oxidation sites excluding steroid dienone is 1. The molecule has 4 aliphatic rings. The molecule has 0 unspecified atom stereocenters. The number of aromatic nitrogens is 1. The Balaban J connectivity index is 0.978. The van der Waals surface area contributed by atoms with Crippen LogP contribution in [0.2, 0.25) is 0 Å². The van der Waals surface area contributed by atoms with Crippen LogP contribution in [0.25, 0.3) is 10.9 Å². The van der Waals surface area contributed by atoms with E-state index in [0.29, 0.717) is 24.8 Å². The molecule has 52 heavy (non-hydrogen) atoms. The summed E-state index contributed by atoms with van der Waals surface area (Å²) in [6.45, 7) is 4.71. The fraction of sp³-hybridized carbons (Fsp3) is 0.590. The van der Waals surface area contributed by atoms with Gasteiger partial charge in [-0.25, -0.2) is 4.79 Å². The Kier molecular flexibility index (Phi) is 10.2. The molecule has 0 saturated heterocycles. The lowest BCUT2D eigenvalue weighted by atomic mass is 9.45. The Morgan fingerprint density at radius 1 is 1.04 bits per heavy atom. The molecule has 0 radical (unpaired) electrons. The maximum absolute atomic E-state index is 13.6. The first kappa shape index (κ1) is 37.4. The monoisotopic (exact) mass is 719 g/mol. The fourth-order valence-corrected chi connectivity index (χ4v) is 10.1. The molecule has 3 saturated carbocycles. The molecule has 13 heteroatoms. The summed E-state index contributed by atoms with van der Waals surface area (Å²) in [4.78, 5) is 78.7. The fourth-order valence-electron chi connectivity index (χ4n) is 10.1. The summed E-state index contributed by atoms with van der Waals surface area (Å²) in [5.74, 6) is -3.96. The SMILES string of the molecule is C[C@H](NC(=O)CCC(=O)OCC(=O)[C@@]1(O)CC[C@@H]2[C@@H]3CCC4=CC(=O)CC[C@]4(C)[C@@H]3[C@H](O)C[C@@]21C)C(=O)N[C@@H](Cc1c[nH]c2ccccc12)C(=O)O. The second kappa shape index (κ2) is 14.2. The zero-order valence-electron chi connectivity index (χ0n) is 29.9. The van der Waals surface area contributed by atoms with Crippen molar-refractivity contribution in [3.05, 3.63) is 47.7 Å². The van der Waals surface area contributed by atoms with Crippen LogP contribution in [-0.4, -0.2) is 86.0 Å². The molecule has 0 aliphatic heterocycles. The average molecular weight is 720 g/mol. The number of ketones is 2. The number of ether oxygens (including phenoxy) is 1. The third-order valence-corrected chi connectivity index (χ3v) is 12.9. The first-order chi connectivity index (χ1) is 24.6. The van der Waals surface area contributed by atoms with E-state index < -0.39 is 65.3 Å². The number of Topliss-reactive ketones (excluding diaryl/α,β-unsaturated/α-hetero) is 1. The summed E-state index contributed by atoms with van der Waals surface area (Å²) in [5.41, 5.74) is -0.382. The van der Waals surface area contributed by atoms with E-state index in [9.17, 15) is 44.1 Å². The van der Waals surface area contributed by atoms with Gasteiger partial charge < -0.3 is 35.7 Å². The van der Waals surface area contributed by atoms with E-state index in [1.807, 2.05) is 31.2 Å². The molecule has 3 fully saturated rings. The van der Waals surface area contributed by atoms with Crippen molar-refractivity contribution in [1.29, 1.82) is 0 Å². The third kappa shape index (κ3) is 6.68. The number of carbonyl (C=O) groups is 6. The zero-order chi connectivity index (χ0) is 37.6. The number of carboxylic acid groups (broad SMARTS) is 1. The molecule has 2 amide bonds. The highest BCUT2D eigenvalue weighted by atomic mass is 16.5. The highest BCUT2D eigenvalue weighted by molar-refractivity contribution is 5.93. The number of carbonyl (C=O) groups excluding carboxylic acids is 5. The third-order valence-electron chi connectivity index (χ3n) is 12.9. The number of nitrogens with one attached hydrogen (secondary N) is 3. The molecule has 1 aromatic carbocycles. The van der Waals surface area contributed by atoms with E-state index in [0.717, 1.165) is 29.3 Å². The lowest BCUT2D eigenvalue weighted by Crippen LogP contribution is -2.62. The average Bonchev–Trinajstić information content (AvgIpc) is 3.63. The van der Waals surface area contributed by atoms with Crippen LogP contribution in [-0.2, 0) is 39.9 Å². The summed E-state index contributed by atoms with van der Waals surface area (Å²) in [5, 5.41) is 39.0. The van der Waals surface area contributed by atoms with Gasteiger partial charge in [0.1, 0.15) is 17.7 Å². The van der Waals surface area contributed by atoms with Crippen molar-refractivity contribution in [2.75, 3.05) is 6.61 Å². The van der Waals surface area contributed by atoms with E-state index in [1.54, 1.807) is 12.3 Å². The van der Waals surface area contributed by atoms with Crippen LogP contribution in [0.1, 0.15) is 84.1 Å². The van der Waals surface area contributed by atoms with Gasteiger partial charge >= 0.3 is 11.9 Å². The van der Waals surface area contributed by atoms with Gasteiger partial charge in [-0.2, -0.15) is 0 Å². The molecule has 0 spiro atoms. The second-order valence-electron chi connectivity index (χ2n) is 15.8. The number of hydrogen-bond acceptors (Lipinski definition) is 9. The summed E-state index contributed by atoms with van der Waals surface area (Å²) >= 11 is 0. The molecule has 1 aromatic heterocycles. The molecule has 4 aliphatic carbocycles. The molecular formula is C39H49N3O10. The zero-order valence-corrected chi connectivity index (χ0v) is 29.9. The second-order valence-corrected chi connectivity index (χ2v) is 15.8. The number of amides is 2. The highest BCUT2D eigenvalue weighted by Gasteiger charge is 2.68. The van der Waals surface area contributed by atoms with Crippen molar-refractivity contribution in [2.24, 2.45) is 28.6 Å². The van der Waals surface area contributed by atoms with Gasteiger partial charge in [0.25, 0.3) is 0 Å². The number of aliphatic carboxylic acids is 1. The molecular weight excluding hydrogens is 670 g/mol. The summed E-state index contributed by atoms with van der Waals surface area (Å²) < 4.78 is 5.22. The van der Waals surface area contributed by atoms with Crippen molar-refractivity contribution in [3.63, 3.8) is 0 Å². The predicted molar refractivity (Wildman–Crippen MR) is 187 cm³/mol. The maximum atomic E-state index is 13.6. The van der Waals surface area contributed by atoms with Crippen molar-refractivity contribution in [2.45, 2.75) is 109 Å². The Labute approximate surface area is 301 Å². The van der Waals surface area contributed by atoms with Crippen molar-refractivity contribution in [3.8, 4) is 0 Å². The molecule has 2 aromatic rings. The lowest BCUT2D eigenvalue weighted by Gasteiger charge is -2.60. The van der Waals surface area contributed by atoms with Gasteiger partial charge in [0.05, 0.1) is 12.5 Å². The van der Waals surface area contributed by atoms with Crippen LogP contribution >= 0.6 is 0 Å². The number of esters is 1. The first-order valence-corrected chi connectivity index (χ1v) is 18.3. The Morgan fingerprint density at radius 3 is 2.54 bits per heavy atom. The highest BCUT2D eigenvalue weighted by Crippen LogP contribution is 2.67. The number of hydrogen-bond donors (Lipinski definition) is 6. The number of rotatable bonds is 12. The number of benzene rings is 1. The summed E-state index contributed by atoms with van der Waals surface area (Å²) in [7, 11) is 0. The topological polar surface area (TPSA) is 212 Å². The smallest absolute Gasteiger partial charge is 0.326 e. The van der Waals surface area contributed by atoms with E-state index in [-0.39, 0.29) is 61.1 Å². The Morgan fingerprint density at radius 2 is 1.79 bits per heavy atom. The Hall–Kier alpha value is -4.36. The van der Waals surface area contributed by atoms with Crippen LogP contribution in [0.15, 0.2) is 42.1 Å². The number of aromatic amines is 1. The largest absolute Gasteiger partial charge is 0.480 e. The number of aliphatic hydroxyl groups excluding tert-OH is 1. The molecule has 9 atom stereocenters. The number of para-hydroxylation sites is 1. The quantitative estimate of drug-likeness (QED) is 0.177. The molecule has 6 rings (SSSR count). The van der Waals surface area contributed by atoms with Gasteiger partial charge in [0.15, 0.2) is 12.4 Å². The maximum Gasteiger partial charge on any atom is 0.326 e. The van der Waals surface area contributed by atoms with Crippen LogP contribution in [0, 0.1) is 28.6 Å². The van der Waals surface area contributed by atoms with Crippen LogP contribution < -0.4 is 10.6 Å². The van der Waals surface area contributed by atoms with E-state index >= 15 is 0 Å². The first-order valence-electron chi connectivity index (χ1n) is 18.3. The van der Waals surface area contributed by atoms with Crippen molar-refractivity contribution in [1.82, 2.24) is 15.6 Å². The molecule has 280 valence electrons. The molecule has 1 heterocycles. The molecule has 6 N–H and O–H groups in total. The summed E-state index contributed by atoms with van der Waals surface area (Å²) in [6.07, 6.45) is 5.61. The van der Waals surface area contributed by atoms with E-state index in [1.165, 1.54) is 6.92 Å². The standard InChI is InChI=1S/C39H49N3O10/c1-21(35(48)42-29(36(49)50)16-22-19-40-28-7-5-4-6-25(22)28)41-32(46)10-11-33(47)52-20-31(45)39(51)15-13-27-26-9-8-23-17-24(43)12-14-37(23,2)34(26)30(44)18-38(27,39)3/h4-7,17,19,21,26-27,29-30,34,40,44,51H,8-16,18,20H2,1-3H3,(H,41,46)(H,42,48)(H,49,50)/t21-,26-,27+,29-,30+,34-,37-,38-,39-/m0/s1. The van der Waals surface area contributed by atoms with Gasteiger partial charge in [-0.15, -0.1) is 0 Å². The van der Waals surface area contributed by atoms with Gasteiger partial charge in [-0.05, 0) is 86.3 Å². The van der Waals surface area contributed by atoms with Crippen LogP contribution in [0.4, 0.5) is 0 Å². The van der Waals surface area contributed by atoms with Gasteiger partial charge in [-0.3, -0.25) is 24.0 Å². The number of aliphatic hydroxyl groups is 2. The number of H-pyrrole nitrogens is 1. The molecule has 0 bridgehead atoms. The normalized spacial score (nSPS) is 32.0. The minimum atomic E-state index is -1.80. The summed E-state index contributed by atoms with van der Waals surface area (Å²) in [6, 6.07) is 5.04. The van der Waals surface area contributed by atoms with Crippen LogP contribution in [0.3, 0.4) is 0 Å². The van der Waals surface area contributed by atoms with Crippen molar-refractivity contribution >= 4 is 46.2 Å². The van der Waals surface area contributed by atoms with Crippen molar-refractivity contribution < 1.29 is 48.8 Å². The van der Waals surface area contributed by atoms with E-state index in [4.69, 9.17) is 4.74 Å². The lowest BCUT2D eigenvalue weighted by molar-refractivity contribution is -0.184.